The van der Waals surface area contributed by atoms with Crippen molar-refractivity contribution < 1.29 is 9.53 Å². The molecule has 1 aliphatic heterocycles. The second kappa shape index (κ2) is 5.13. The fourth-order valence-electron chi connectivity index (χ4n) is 2.56. The summed E-state index contributed by atoms with van der Waals surface area (Å²) in [6.07, 6.45) is 3.46. The number of methoxy groups -OCH3 is 1. The van der Waals surface area contributed by atoms with Gasteiger partial charge < -0.3 is 9.64 Å². The molecule has 1 aliphatic rings. The quantitative estimate of drug-likeness (QED) is 0.787. The number of hydrogen-bond acceptors (Lipinski definition) is 6. The molecule has 0 bridgehead atoms. The number of hydrogen-bond donors (Lipinski definition) is 0. The number of piperidine rings is 1. The van der Waals surface area contributed by atoms with Gasteiger partial charge in [-0.3, -0.25) is 4.79 Å². The summed E-state index contributed by atoms with van der Waals surface area (Å²) in [7, 11) is 1.45. The highest BCUT2D eigenvalue weighted by Crippen LogP contribution is 2.30. The summed E-state index contributed by atoms with van der Waals surface area (Å²) in [5.41, 5.74) is 0. The highest BCUT2D eigenvalue weighted by atomic mass is 32.1. The predicted molar refractivity (Wildman–Crippen MR) is 74.4 cm³/mol. The highest BCUT2D eigenvalue weighted by Gasteiger charge is 2.28. The molecule has 3 rings (SSSR count). The zero-order valence-electron chi connectivity index (χ0n) is 10.7. The van der Waals surface area contributed by atoms with Gasteiger partial charge in [0.1, 0.15) is 17.0 Å². The van der Waals surface area contributed by atoms with Gasteiger partial charge in [-0.2, -0.15) is 0 Å². The first kappa shape index (κ1) is 12.3. The molecule has 5 nitrogen and oxygen atoms in total. The summed E-state index contributed by atoms with van der Waals surface area (Å²) in [5.74, 6) is 0.752. The molecule has 0 spiro atoms. The maximum Gasteiger partial charge on any atom is 0.310 e. The van der Waals surface area contributed by atoms with Crippen molar-refractivity contribution in [1.82, 2.24) is 9.97 Å². The van der Waals surface area contributed by atoms with E-state index < -0.39 is 0 Å². The summed E-state index contributed by atoms with van der Waals surface area (Å²) < 4.78 is 4.85. The standard InChI is InChI=1S/C13H15N3O2S/c1-18-13(17)9-3-2-5-16(7-9)11-10-4-6-19-12(10)15-8-14-11/h4,6,8-9H,2-3,5,7H2,1H3/t9-/m0/s1. The second-order valence-corrected chi connectivity index (χ2v) is 5.54. The Balaban J connectivity index is 1.89. The molecule has 0 radical (unpaired) electrons. The van der Waals surface area contributed by atoms with Crippen molar-refractivity contribution in [3.05, 3.63) is 17.8 Å². The Morgan fingerprint density at radius 3 is 3.26 bits per heavy atom. The molecule has 1 atom stereocenters. The van der Waals surface area contributed by atoms with E-state index in [1.807, 2.05) is 11.4 Å². The maximum absolute atomic E-state index is 11.7. The van der Waals surface area contributed by atoms with Crippen LogP contribution in [0.4, 0.5) is 5.82 Å². The number of thiophene rings is 1. The monoisotopic (exact) mass is 277 g/mol. The van der Waals surface area contributed by atoms with Crippen molar-refractivity contribution in [2.45, 2.75) is 12.8 Å². The molecule has 1 saturated heterocycles. The van der Waals surface area contributed by atoms with Crippen LogP contribution in [0.3, 0.4) is 0 Å². The van der Waals surface area contributed by atoms with Gasteiger partial charge in [-0.25, -0.2) is 9.97 Å². The summed E-state index contributed by atoms with van der Waals surface area (Å²) in [6.45, 7) is 1.60. The summed E-state index contributed by atoms with van der Waals surface area (Å²) >= 11 is 1.61. The summed E-state index contributed by atoms with van der Waals surface area (Å²) in [6, 6.07) is 2.04. The molecule has 0 aromatic carbocycles. The predicted octanol–water partition coefficient (Wildman–Crippen LogP) is 2.08. The Morgan fingerprint density at radius 2 is 2.42 bits per heavy atom. The van der Waals surface area contributed by atoms with Crippen LogP contribution < -0.4 is 4.90 Å². The molecule has 19 heavy (non-hydrogen) atoms. The average Bonchev–Trinajstić information content (AvgIpc) is 2.94. The second-order valence-electron chi connectivity index (χ2n) is 4.65. The molecule has 0 aliphatic carbocycles. The van der Waals surface area contributed by atoms with Gasteiger partial charge in [-0.05, 0) is 24.3 Å². The van der Waals surface area contributed by atoms with Crippen molar-refractivity contribution in [1.29, 1.82) is 0 Å². The molecule has 0 amide bonds. The van der Waals surface area contributed by atoms with Gasteiger partial charge in [0.25, 0.3) is 0 Å². The van der Waals surface area contributed by atoms with Crippen molar-refractivity contribution in [3.63, 3.8) is 0 Å². The number of rotatable bonds is 2. The molecular weight excluding hydrogens is 262 g/mol. The SMILES string of the molecule is COC(=O)[C@H]1CCCN(c2ncnc3sccc23)C1. The zero-order chi connectivity index (χ0) is 13.2. The van der Waals surface area contributed by atoms with Gasteiger partial charge in [-0.1, -0.05) is 0 Å². The Labute approximate surface area is 115 Å². The molecule has 2 aromatic heterocycles. The topological polar surface area (TPSA) is 55.3 Å². The van der Waals surface area contributed by atoms with Crippen LogP contribution in [0.15, 0.2) is 17.8 Å². The third kappa shape index (κ3) is 2.28. The molecule has 0 saturated carbocycles. The van der Waals surface area contributed by atoms with Crippen LogP contribution in [0, 0.1) is 5.92 Å². The third-order valence-electron chi connectivity index (χ3n) is 3.50. The number of carbonyl (C=O) groups excluding carboxylic acids is 1. The maximum atomic E-state index is 11.7. The first-order chi connectivity index (χ1) is 9.29. The average molecular weight is 277 g/mol. The van der Waals surface area contributed by atoms with E-state index in [1.54, 1.807) is 17.7 Å². The van der Waals surface area contributed by atoms with Gasteiger partial charge in [0, 0.05) is 13.1 Å². The Hall–Kier alpha value is -1.69. The Bertz CT molecular complexity index is 598. The number of nitrogens with zero attached hydrogens (tertiary/aromatic N) is 3. The zero-order valence-corrected chi connectivity index (χ0v) is 11.5. The molecule has 0 N–H and O–H groups in total. The van der Waals surface area contributed by atoms with E-state index in [1.165, 1.54) is 7.11 Å². The van der Waals surface area contributed by atoms with Crippen LogP contribution in [0.5, 0.6) is 0 Å². The number of esters is 1. The van der Waals surface area contributed by atoms with Crippen LogP contribution in [-0.2, 0) is 9.53 Å². The minimum atomic E-state index is -0.125. The van der Waals surface area contributed by atoms with Gasteiger partial charge in [0.2, 0.25) is 0 Å². The van der Waals surface area contributed by atoms with E-state index in [-0.39, 0.29) is 11.9 Å². The Kier molecular flexibility index (Phi) is 3.33. The largest absolute Gasteiger partial charge is 0.469 e. The molecular formula is C13H15N3O2S. The number of ether oxygens (including phenoxy) is 1. The molecule has 0 unspecified atom stereocenters. The normalized spacial score (nSPS) is 19.6. The minimum Gasteiger partial charge on any atom is -0.469 e. The van der Waals surface area contributed by atoms with Crippen molar-refractivity contribution >= 4 is 33.3 Å². The van der Waals surface area contributed by atoms with Crippen LogP contribution >= 0.6 is 11.3 Å². The van der Waals surface area contributed by atoms with Crippen molar-refractivity contribution in [3.8, 4) is 0 Å². The van der Waals surface area contributed by atoms with Crippen molar-refractivity contribution in [2.75, 3.05) is 25.1 Å². The van der Waals surface area contributed by atoms with Crippen LogP contribution in [0.25, 0.3) is 10.2 Å². The highest BCUT2D eigenvalue weighted by molar-refractivity contribution is 7.16. The first-order valence-electron chi connectivity index (χ1n) is 6.30. The lowest BCUT2D eigenvalue weighted by molar-refractivity contribution is -0.145. The molecule has 3 heterocycles. The fraction of sp³-hybridized carbons (Fsp3) is 0.462. The lowest BCUT2D eigenvalue weighted by Crippen LogP contribution is -2.39. The van der Waals surface area contributed by atoms with Gasteiger partial charge in [-0.15, -0.1) is 11.3 Å². The molecule has 2 aromatic rings. The minimum absolute atomic E-state index is 0.0533. The van der Waals surface area contributed by atoms with Crippen molar-refractivity contribution in [2.24, 2.45) is 5.92 Å². The molecule has 6 heteroatoms. The van der Waals surface area contributed by atoms with Gasteiger partial charge in [0.15, 0.2) is 0 Å². The Morgan fingerprint density at radius 1 is 1.53 bits per heavy atom. The smallest absolute Gasteiger partial charge is 0.310 e. The molecule has 100 valence electrons. The fourth-order valence-corrected chi connectivity index (χ4v) is 3.28. The van der Waals surface area contributed by atoms with Crippen LogP contribution in [0.1, 0.15) is 12.8 Å². The van der Waals surface area contributed by atoms with E-state index in [4.69, 9.17) is 4.74 Å². The third-order valence-corrected chi connectivity index (χ3v) is 4.32. The lowest BCUT2D eigenvalue weighted by Gasteiger charge is -2.32. The van der Waals surface area contributed by atoms with Gasteiger partial charge >= 0.3 is 5.97 Å². The van der Waals surface area contributed by atoms with E-state index >= 15 is 0 Å². The lowest BCUT2D eigenvalue weighted by atomic mass is 9.98. The van der Waals surface area contributed by atoms with E-state index in [2.05, 4.69) is 14.9 Å². The number of anilines is 1. The summed E-state index contributed by atoms with van der Waals surface area (Å²) in [5, 5.41) is 3.09. The number of fused-ring (bicyclic) bond motifs is 1. The van der Waals surface area contributed by atoms with E-state index in [0.29, 0.717) is 6.54 Å². The first-order valence-corrected chi connectivity index (χ1v) is 7.18. The molecule has 1 fully saturated rings. The van der Waals surface area contributed by atoms with E-state index in [0.717, 1.165) is 35.4 Å². The van der Waals surface area contributed by atoms with E-state index in [9.17, 15) is 4.79 Å². The number of carbonyl (C=O) groups is 1. The number of aromatic nitrogens is 2. The van der Waals surface area contributed by atoms with Gasteiger partial charge in [0.05, 0.1) is 18.4 Å². The summed E-state index contributed by atoms with van der Waals surface area (Å²) in [4.78, 5) is 23.5. The van der Waals surface area contributed by atoms with Crippen LogP contribution in [-0.4, -0.2) is 36.1 Å². The van der Waals surface area contributed by atoms with Crippen LogP contribution in [0.2, 0.25) is 0 Å².